The average molecular weight is 146 g/mol. The van der Waals surface area contributed by atoms with Crippen LogP contribution in [0.4, 0.5) is 4.39 Å². The highest BCUT2D eigenvalue weighted by Crippen LogP contribution is 2.20. The smallest absolute Gasteiger partial charge is 0.172 e. The summed E-state index contributed by atoms with van der Waals surface area (Å²) in [6, 6.07) is 0. The van der Waals surface area contributed by atoms with E-state index in [2.05, 4.69) is 0 Å². The molecule has 0 aliphatic rings. The van der Waals surface area contributed by atoms with Crippen molar-refractivity contribution in [2.45, 2.75) is 39.8 Å². The Labute approximate surface area is 61.6 Å². The minimum absolute atomic E-state index is 0.199. The lowest BCUT2D eigenvalue weighted by Crippen LogP contribution is -2.32. The molecule has 0 N–H and O–H groups in total. The first-order valence-electron chi connectivity index (χ1n) is 3.65. The third kappa shape index (κ3) is 2.09. The van der Waals surface area contributed by atoms with Crippen LogP contribution in [0, 0.1) is 5.92 Å². The van der Waals surface area contributed by atoms with Gasteiger partial charge in [0, 0.05) is 5.92 Å². The van der Waals surface area contributed by atoms with E-state index in [1.807, 2.05) is 0 Å². The van der Waals surface area contributed by atoms with Gasteiger partial charge < -0.3 is 0 Å². The van der Waals surface area contributed by atoms with Crippen LogP contribution in [0.1, 0.15) is 34.1 Å². The highest BCUT2D eigenvalue weighted by molar-refractivity contribution is 5.88. The van der Waals surface area contributed by atoms with Crippen LogP contribution in [0.15, 0.2) is 0 Å². The van der Waals surface area contributed by atoms with Gasteiger partial charge in [-0.2, -0.15) is 0 Å². The van der Waals surface area contributed by atoms with Gasteiger partial charge in [0.1, 0.15) is 0 Å². The molecule has 0 spiro atoms. The molecule has 0 aromatic rings. The summed E-state index contributed by atoms with van der Waals surface area (Å²) in [5, 5.41) is 0. The van der Waals surface area contributed by atoms with Gasteiger partial charge >= 0.3 is 0 Å². The van der Waals surface area contributed by atoms with Crippen LogP contribution < -0.4 is 0 Å². The fourth-order valence-corrected chi connectivity index (χ4v) is 0.776. The van der Waals surface area contributed by atoms with Gasteiger partial charge in [-0.1, -0.05) is 20.8 Å². The van der Waals surface area contributed by atoms with Crippen LogP contribution in [0.25, 0.3) is 0 Å². The number of ketones is 1. The Kier molecular flexibility index (Phi) is 3.00. The van der Waals surface area contributed by atoms with Gasteiger partial charge in [0.15, 0.2) is 11.5 Å². The molecule has 0 saturated carbocycles. The van der Waals surface area contributed by atoms with Crippen LogP contribution in [0.5, 0.6) is 0 Å². The zero-order valence-corrected chi connectivity index (χ0v) is 7.07. The van der Waals surface area contributed by atoms with Gasteiger partial charge in [-0.15, -0.1) is 0 Å². The van der Waals surface area contributed by atoms with Crippen molar-refractivity contribution in [2.24, 2.45) is 5.92 Å². The predicted octanol–water partition coefficient (Wildman–Crippen LogP) is 2.35. The highest BCUT2D eigenvalue weighted by atomic mass is 19.1. The van der Waals surface area contributed by atoms with Gasteiger partial charge in [0.05, 0.1) is 0 Å². The zero-order valence-electron chi connectivity index (χ0n) is 7.07. The maximum Gasteiger partial charge on any atom is 0.172 e. The molecular weight excluding hydrogens is 131 g/mol. The molecule has 60 valence electrons. The van der Waals surface area contributed by atoms with Crippen molar-refractivity contribution in [1.82, 2.24) is 0 Å². The van der Waals surface area contributed by atoms with E-state index in [0.717, 1.165) is 0 Å². The van der Waals surface area contributed by atoms with Crippen molar-refractivity contribution in [1.29, 1.82) is 0 Å². The number of carbonyl (C=O) groups excluding carboxylic acids is 1. The number of rotatable bonds is 3. The number of carbonyl (C=O) groups is 1. The van der Waals surface area contributed by atoms with Gasteiger partial charge in [-0.25, -0.2) is 4.39 Å². The molecule has 2 heteroatoms. The van der Waals surface area contributed by atoms with E-state index in [0.29, 0.717) is 0 Å². The van der Waals surface area contributed by atoms with E-state index in [1.54, 1.807) is 20.8 Å². The fraction of sp³-hybridized carbons (Fsp3) is 0.875. The predicted molar refractivity (Wildman–Crippen MR) is 39.6 cm³/mol. The number of hydrogen-bond acceptors (Lipinski definition) is 1. The molecule has 1 unspecified atom stereocenters. The SMILES string of the molecule is CCC(C)(F)C(=O)C(C)C. The average Bonchev–Trinajstić information content (AvgIpc) is 1.86. The van der Waals surface area contributed by atoms with Gasteiger partial charge in [-0.05, 0) is 13.3 Å². The molecule has 0 fully saturated rings. The number of alkyl halides is 1. The Balaban J connectivity index is 4.19. The van der Waals surface area contributed by atoms with E-state index in [1.165, 1.54) is 6.92 Å². The van der Waals surface area contributed by atoms with Crippen LogP contribution in [-0.4, -0.2) is 11.5 Å². The number of Topliss-reactive ketones (excluding diaryl/α,β-unsaturated/α-hetero) is 1. The minimum Gasteiger partial charge on any atom is -0.296 e. The van der Waals surface area contributed by atoms with E-state index in [4.69, 9.17) is 0 Å². The summed E-state index contributed by atoms with van der Waals surface area (Å²) < 4.78 is 13.1. The molecule has 0 heterocycles. The van der Waals surface area contributed by atoms with Crippen molar-refractivity contribution in [2.75, 3.05) is 0 Å². The first kappa shape index (κ1) is 9.60. The summed E-state index contributed by atoms with van der Waals surface area (Å²) in [6.45, 7) is 6.46. The largest absolute Gasteiger partial charge is 0.296 e. The summed E-state index contributed by atoms with van der Waals surface area (Å²) >= 11 is 0. The zero-order chi connectivity index (χ0) is 8.36. The normalized spacial score (nSPS) is 17.0. The molecule has 1 nitrogen and oxygen atoms in total. The molecule has 0 saturated heterocycles. The lowest BCUT2D eigenvalue weighted by atomic mass is 9.92. The molecule has 0 amide bonds. The molecule has 10 heavy (non-hydrogen) atoms. The third-order valence-electron chi connectivity index (χ3n) is 1.70. The first-order valence-corrected chi connectivity index (χ1v) is 3.65. The van der Waals surface area contributed by atoms with Crippen molar-refractivity contribution in [3.63, 3.8) is 0 Å². The minimum atomic E-state index is -1.62. The summed E-state index contributed by atoms with van der Waals surface area (Å²) in [6.07, 6.45) is 0.268. The van der Waals surface area contributed by atoms with Crippen molar-refractivity contribution < 1.29 is 9.18 Å². The van der Waals surface area contributed by atoms with Crippen LogP contribution in [-0.2, 0) is 4.79 Å². The fourth-order valence-electron chi connectivity index (χ4n) is 0.776. The molecule has 1 atom stereocenters. The van der Waals surface area contributed by atoms with Crippen LogP contribution in [0.2, 0.25) is 0 Å². The Morgan fingerprint density at radius 3 is 2.10 bits per heavy atom. The molecular formula is C8H15FO. The second-order valence-corrected chi connectivity index (χ2v) is 3.07. The van der Waals surface area contributed by atoms with Gasteiger partial charge in [-0.3, -0.25) is 4.79 Å². The molecule has 0 aliphatic carbocycles. The topological polar surface area (TPSA) is 17.1 Å². The Morgan fingerprint density at radius 1 is 1.60 bits per heavy atom. The molecule has 0 aromatic heterocycles. The summed E-state index contributed by atoms with van der Waals surface area (Å²) in [5.41, 5.74) is -1.62. The van der Waals surface area contributed by atoms with Crippen molar-refractivity contribution in [3.05, 3.63) is 0 Å². The maximum absolute atomic E-state index is 13.1. The molecule has 0 aliphatic heterocycles. The lowest BCUT2D eigenvalue weighted by Gasteiger charge is -2.18. The first-order chi connectivity index (χ1) is 4.41. The van der Waals surface area contributed by atoms with Crippen LogP contribution in [0.3, 0.4) is 0 Å². The Hall–Kier alpha value is -0.400. The van der Waals surface area contributed by atoms with E-state index >= 15 is 0 Å². The van der Waals surface area contributed by atoms with Crippen LogP contribution >= 0.6 is 0 Å². The standard InChI is InChI=1S/C8H15FO/c1-5-8(4,9)7(10)6(2)3/h6H,5H2,1-4H3. The Bertz CT molecular complexity index is 127. The number of hydrogen-bond donors (Lipinski definition) is 0. The number of halogens is 1. The van der Waals surface area contributed by atoms with E-state index in [9.17, 15) is 9.18 Å². The van der Waals surface area contributed by atoms with Crippen molar-refractivity contribution >= 4 is 5.78 Å². The summed E-state index contributed by atoms with van der Waals surface area (Å²) in [7, 11) is 0. The highest BCUT2D eigenvalue weighted by Gasteiger charge is 2.31. The van der Waals surface area contributed by atoms with Crippen molar-refractivity contribution in [3.8, 4) is 0 Å². The molecule has 0 rings (SSSR count). The lowest BCUT2D eigenvalue weighted by molar-refractivity contribution is -0.132. The summed E-state index contributed by atoms with van der Waals surface area (Å²) in [5.74, 6) is -0.495. The second-order valence-electron chi connectivity index (χ2n) is 3.07. The van der Waals surface area contributed by atoms with E-state index in [-0.39, 0.29) is 18.1 Å². The summed E-state index contributed by atoms with van der Waals surface area (Å²) in [4.78, 5) is 11.0. The second kappa shape index (κ2) is 3.13. The molecule has 0 bridgehead atoms. The maximum atomic E-state index is 13.1. The monoisotopic (exact) mass is 146 g/mol. The molecule has 0 aromatic carbocycles. The Morgan fingerprint density at radius 2 is 2.00 bits per heavy atom. The van der Waals surface area contributed by atoms with E-state index < -0.39 is 5.67 Å². The van der Waals surface area contributed by atoms with Gasteiger partial charge in [0.25, 0.3) is 0 Å². The third-order valence-corrected chi connectivity index (χ3v) is 1.70. The van der Waals surface area contributed by atoms with Gasteiger partial charge in [0.2, 0.25) is 0 Å². The quantitative estimate of drug-likeness (QED) is 0.597. The molecule has 0 radical (unpaired) electrons.